The number of carbonyl (C=O) groups is 1. The molecule has 0 aliphatic heterocycles. The van der Waals surface area contributed by atoms with Gasteiger partial charge in [0.2, 0.25) is 5.16 Å². The molecule has 140 valence electrons. The highest BCUT2D eigenvalue weighted by atomic mass is 32.2. The molecule has 0 amide bonds. The van der Waals surface area contributed by atoms with Crippen LogP contribution in [0.15, 0.2) is 32.3 Å². The highest BCUT2D eigenvalue weighted by molar-refractivity contribution is 7.99. The largest absolute Gasteiger partial charge is 0.384 e. The van der Waals surface area contributed by atoms with Crippen molar-refractivity contribution in [2.75, 3.05) is 11.5 Å². The Morgan fingerprint density at radius 1 is 1.41 bits per heavy atom. The molecule has 3 heterocycles. The van der Waals surface area contributed by atoms with E-state index < -0.39 is 17.0 Å². The number of aromatic nitrogens is 6. The minimum absolute atomic E-state index is 0.0494. The number of ketones is 1. The van der Waals surface area contributed by atoms with Gasteiger partial charge >= 0.3 is 5.69 Å². The number of tetrazole rings is 1. The van der Waals surface area contributed by atoms with Crippen LogP contribution in [0.25, 0.3) is 0 Å². The van der Waals surface area contributed by atoms with Crippen molar-refractivity contribution in [1.29, 1.82) is 0 Å². The predicted octanol–water partition coefficient (Wildman–Crippen LogP) is 0.525. The molecule has 0 spiro atoms. The van der Waals surface area contributed by atoms with Gasteiger partial charge in [-0.1, -0.05) is 17.8 Å². The zero-order chi connectivity index (χ0) is 19.0. The second-order valence-corrected chi connectivity index (χ2v) is 8.01. The van der Waals surface area contributed by atoms with Crippen LogP contribution >= 0.6 is 23.1 Å². The average Bonchev–Trinajstić information content (AvgIpc) is 3.14. The maximum absolute atomic E-state index is 12.6. The lowest BCUT2D eigenvalue weighted by molar-refractivity contribution is 0.102. The van der Waals surface area contributed by atoms with E-state index in [1.54, 1.807) is 16.0 Å². The Balaban J connectivity index is 1.53. The second kappa shape index (κ2) is 7.12. The van der Waals surface area contributed by atoms with Crippen molar-refractivity contribution in [1.82, 2.24) is 29.8 Å². The molecule has 0 aromatic carbocycles. The molecular formula is C15H15N7O3S2. The molecule has 1 aliphatic rings. The second-order valence-electron chi connectivity index (χ2n) is 6.03. The van der Waals surface area contributed by atoms with Gasteiger partial charge in [-0.15, -0.1) is 16.4 Å². The first-order valence-corrected chi connectivity index (χ1v) is 10.00. The molecule has 0 atom stereocenters. The lowest BCUT2D eigenvalue weighted by Gasteiger charge is -2.10. The van der Waals surface area contributed by atoms with Gasteiger partial charge in [-0.05, 0) is 34.7 Å². The standard InChI is InChI=1S/C15H15N7O3S2/c16-12-11(13(24)17-14(25)22(12)8-3-4-8)10(23)7-27-15-18-19-20-21(15)6-9-2-1-5-26-9/h1-2,5,8H,3-4,6-7,16H2,(H,17,24,25). The number of thioether (sulfide) groups is 1. The monoisotopic (exact) mass is 405 g/mol. The van der Waals surface area contributed by atoms with Gasteiger partial charge in [-0.2, -0.15) is 0 Å². The molecule has 1 saturated carbocycles. The molecule has 3 aromatic heterocycles. The molecular weight excluding hydrogens is 390 g/mol. The van der Waals surface area contributed by atoms with E-state index in [-0.39, 0.29) is 23.2 Å². The fraction of sp³-hybridized carbons (Fsp3) is 0.333. The quantitative estimate of drug-likeness (QED) is 0.428. The minimum atomic E-state index is -0.766. The summed E-state index contributed by atoms with van der Waals surface area (Å²) >= 11 is 2.70. The molecule has 1 fully saturated rings. The Hall–Kier alpha value is -2.73. The summed E-state index contributed by atoms with van der Waals surface area (Å²) in [4.78, 5) is 39.9. The molecule has 1 aliphatic carbocycles. The summed E-state index contributed by atoms with van der Waals surface area (Å²) < 4.78 is 2.88. The van der Waals surface area contributed by atoms with E-state index in [2.05, 4.69) is 20.5 Å². The molecule has 0 radical (unpaired) electrons. The van der Waals surface area contributed by atoms with Crippen LogP contribution in [0.1, 0.15) is 34.1 Å². The van der Waals surface area contributed by atoms with E-state index >= 15 is 0 Å². The molecule has 27 heavy (non-hydrogen) atoms. The molecule has 0 bridgehead atoms. The first-order chi connectivity index (χ1) is 13.0. The predicted molar refractivity (Wildman–Crippen MR) is 100 cm³/mol. The van der Waals surface area contributed by atoms with Crippen molar-refractivity contribution in [3.05, 3.63) is 48.8 Å². The summed E-state index contributed by atoms with van der Waals surface area (Å²) in [5, 5.41) is 13.9. The van der Waals surface area contributed by atoms with E-state index in [9.17, 15) is 14.4 Å². The van der Waals surface area contributed by atoms with Crippen LogP contribution in [0.3, 0.4) is 0 Å². The lowest BCUT2D eigenvalue weighted by atomic mass is 10.2. The molecule has 3 aromatic rings. The van der Waals surface area contributed by atoms with Gasteiger partial charge in [0.1, 0.15) is 11.4 Å². The fourth-order valence-electron chi connectivity index (χ4n) is 2.68. The number of nitrogen functional groups attached to an aromatic ring is 1. The summed E-state index contributed by atoms with van der Waals surface area (Å²) in [7, 11) is 0. The summed E-state index contributed by atoms with van der Waals surface area (Å²) in [6, 6.07) is 3.85. The van der Waals surface area contributed by atoms with Gasteiger partial charge in [0.05, 0.1) is 12.3 Å². The number of thiophene rings is 1. The van der Waals surface area contributed by atoms with Crippen molar-refractivity contribution >= 4 is 34.7 Å². The number of H-pyrrole nitrogens is 1. The van der Waals surface area contributed by atoms with E-state index in [0.29, 0.717) is 11.7 Å². The van der Waals surface area contributed by atoms with Crippen LogP contribution < -0.4 is 17.0 Å². The van der Waals surface area contributed by atoms with E-state index in [0.717, 1.165) is 29.5 Å². The number of anilines is 1. The lowest BCUT2D eigenvalue weighted by Crippen LogP contribution is -2.36. The van der Waals surface area contributed by atoms with Crippen LogP contribution in [-0.4, -0.2) is 41.3 Å². The third kappa shape index (κ3) is 3.57. The molecule has 3 N–H and O–H groups in total. The SMILES string of the molecule is Nc1c(C(=O)CSc2nnnn2Cc2cccs2)c(=O)[nH]c(=O)n1C1CC1. The zero-order valence-electron chi connectivity index (χ0n) is 14.0. The Morgan fingerprint density at radius 3 is 2.93 bits per heavy atom. The zero-order valence-corrected chi connectivity index (χ0v) is 15.6. The summed E-state index contributed by atoms with van der Waals surface area (Å²) in [6.07, 6.45) is 1.60. The number of aromatic amines is 1. The van der Waals surface area contributed by atoms with E-state index in [1.807, 2.05) is 17.5 Å². The maximum Gasteiger partial charge on any atom is 0.330 e. The summed E-state index contributed by atoms with van der Waals surface area (Å²) in [5.41, 5.74) is 4.43. The smallest absolute Gasteiger partial charge is 0.330 e. The Bertz CT molecular complexity index is 1100. The number of nitrogens with zero attached hydrogens (tertiary/aromatic N) is 5. The van der Waals surface area contributed by atoms with Crippen LogP contribution in [-0.2, 0) is 6.54 Å². The molecule has 12 heteroatoms. The van der Waals surface area contributed by atoms with Crippen molar-refractivity contribution in [3.63, 3.8) is 0 Å². The van der Waals surface area contributed by atoms with Gasteiger partial charge in [-0.3, -0.25) is 19.1 Å². The van der Waals surface area contributed by atoms with Gasteiger partial charge < -0.3 is 5.73 Å². The van der Waals surface area contributed by atoms with Crippen LogP contribution in [0.5, 0.6) is 0 Å². The number of carbonyl (C=O) groups excluding carboxylic acids is 1. The maximum atomic E-state index is 12.6. The highest BCUT2D eigenvalue weighted by Crippen LogP contribution is 2.35. The first-order valence-electron chi connectivity index (χ1n) is 8.13. The minimum Gasteiger partial charge on any atom is -0.384 e. The van der Waals surface area contributed by atoms with E-state index in [1.165, 1.54) is 4.57 Å². The van der Waals surface area contributed by atoms with Crippen LogP contribution in [0.4, 0.5) is 5.82 Å². The van der Waals surface area contributed by atoms with Crippen molar-refractivity contribution in [3.8, 4) is 0 Å². The Labute approximate surface area is 160 Å². The number of rotatable bonds is 7. The van der Waals surface area contributed by atoms with Crippen molar-refractivity contribution in [2.45, 2.75) is 30.6 Å². The normalized spacial score (nSPS) is 13.8. The van der Waals surface area contributed by atoms with Crippen molar-refractivity contribution in [2.24, 2.45) is 0 Å². The van der Waals surface area contributed by atoms with E-state index in [4.69, 9.17) is 5.73 Å². The van der Waals surface area contributed by atoms with Gasteiger partial charge in [0.25, 0.3) is 5.56 Å². The Kier molecular flexibility index (Phi) is 4.66. The average molecular weight is 405 g/mol. The van der Waals surface area contributed by atoms with Crippen LogP contribution in [0, 0.1) is 0 Å². The van der Waals surface area contributed by atoms with Gasteiger partial charge in [0, 0.05) is 10.9 Å². The van der Waals surface area contributed by atoms with Gasteiger partial charge in [0.15, 0.2) is 5.78 Å². The first kappa shape index (κ1) is 17.7. The Morgan fingerprint density at radius 2 is 2.22 bits per heavy atom. The van der Waals surface area contributed by atoms with Crippen LogP contribution in [0.2, 0.25) is 0 Å². The van der Waals surface area contributed by atoms with Gasteiger partial charge in [-0.25, -0.2) is 9.48 Å². The number of nitrogens with one attached hydrogen (secondary N) is 1. The molecule has 0 saturated heterocycles. The third-order valence-corrected chi connectivity index (χ3v) is 5.91. The number of hydrogen-bond acceptors (Lipinski definition) is 9. The number of Topliss-reactive ketones (excluding diaryl/α,β-unsaturated/α-hetero) is 1. The molecule has 10 nitrogen and oxygen atoms in total. The molecule has 4 rings (SSSR count). The topological polar surface area (TPSA) is 142 Å². The third-order valence-electron chi connectivity index (χ3n) is 4.09. The summed E-state index contributed by atoms with van der Waals surface area (Å²) in [6.45, 7) is 0.496. The van der Waals surface area contributed by atoms with Crippen molar-refractivity contribution < 1.29 is 4.79 Å². The number of hydrogen-bond donors (Lipinski definition) is 2. The highest BCUT2D eigenvalue weighted by Gasteiger charge is 2.30. The number of nitrogens with two attached hydrogens (primary N) is 1. The summed E-state index contributed by atoms with van der Waals surface area (Å²) in [5.74, 6) is -0.616. The fourth-order valence-corrected chi connectivity index (χ4v) is 4.12. The molecule has 0 unspecified atom stereocenters.